The van der Waals surface area contributed by atoms with Crippen LogP contribution < -0.4 is 5.32 Å². The molecule has 0 atom stereocenters. The molecule has 0 fully saturated rings. The number of para-hydroxylation sites is 1. The number of aryl methyl sites for hydroxylation is 1. The van der Waals surface area contributed by atoms with Gasteiger partial charge < -0.3 is 5.32 Å². The van der Waals surface area contributed by atoms with E-state index in [4.69, 9.17) is 21.6 Å². The summed E-state index contributed by atoms with van der Waals surface area (Å²) in [6.07, 6.45) is 2.83. The van der Waals surface area contributed by atoms with Crippen molar-refractivity contribution < 1.29 is 4.39 Å². The van der Waals surface area contributed by atoms with E-state index in [1.54, 1.807) is 6.07 Å². The Bertz CT molecular complexity index is 1170. The maximum Gasteiger partial charge on any atom is 0.163 e. The molecular formula is C20H15ClFN5. The summed E-state index contributed by atoms with van der Waals surface area (Å²) in [6.45, 7) is 0. The molecule has 134 valence electrons. The van der Waals surface area contributed by atoms with Crippen LogP contribution in [0, 0.1) is 5.82 Å². The first-order valence-corrected chi connectivity index (χ1v) is 9.13. The number of nitrogens with zero attached hydrogens (tertiary/aromatic N) is 3. The van der Waals surface area contributed by atoms with Gasteiger partial charge in [0, 0.05) is 22.2 Å². The molecule has 7 heteroatoms. The first-order chi connectivity index (χ1) is 13.2. The lowest BCUT2D eigenvalue weighted by Crippen LogP contribution is -2.04. The van der Waals surface area contributed by atoms with Crippen molar-refractivity contribution in [1.29, 1.82) is 0 Å². The molecule has 5 rings (SSSR count). The SMILES string of the molecule is Fc1cccc2c(Nc3nc(-c4ccccc4Cl)nc4c3CCC4)n[nH]c12. The molecule has 0 spiro atoms. The van der Waals surface area contributed by atoms with Gasteiger partial charge in [0.25, 0.3) is 0 Å². The Labute approximate surface area is 159 Å². The van der Waals surface area contributed by atoms with Crippen LogP contribution in [0.25, 0.3) is 22.3 Å². The zero-order chi connectivity index (χ0) is 18.4. The smallest absolute Gasteiger partial charge is 0.163 e. The molecule has 1 aliphatic rings. The summed E-state index contributed by atoms with van der Waals surface area (Å²) < 4.78 is 13.9. The summed E-state index contributed by atoms with van der Waals surface area (Å²) in [5.41, 5.74) is 3.26. The number of hydrogen-bond acceptors (Lipinski definition) is 4. The van der Waals surface area contributed by atoms with Crippen LogP contribution in [0.5, 0.6) is 0 Å². The summed E-state index contributed by atoms with van der Waals surface area (Å²) in [6, 6.07) is 12.4. The number of hydrogen-bond donors (Lipinski definition) is 2. The maximum absolute atomic E-state index is 13.9. The predicted octanol–water partition coefficient (Wildman–Crippen LogP) is 5.04. The van der Waals surface area contributed by atoms with E-state index >= 15 is 0 Å². The average molecular weight is 380 g/mol. The highest BCUT2D eigenvalue weighted by Crippen LogP contribution is 2.34. The Morgan fingerprint density at radius 3 is 2.78 bits per heavy atom. The molecule has 0 unspecified atom stereocenters. The molecule has 0 saturated carbocycles. The highest BCUT2D eigenvalue weighted by molar-refractivity contribution is 6.33. The van der Waals surface area contributed by atoms with Gasteiger partial charge in [-0.05, 0) is 43.5 Å². The van der Waals surface area contributed by atoms with E-state index in [1.807, 2.05) is 30.3 Å². The van der Waals surface area contributed by atoms with Gasteiger partial charge in [-0.25, -0.2) is 14.4 Å². The minimum atomic E-state index is -0.335. The Hall–Kier alpha value is -2.99. The number of benzene rings is 2. The van der Waals surface area contributed by atoms with Gasteiger partial charge in [-0.15, -0.1) is 0 Å². The third kappa shape index (κ3) is 2.73. The van der Waals surface area contributed by atoms with Gasteiger partial charge in [0.2, 0.25) is 0 Å². The maximum atomic E-state index is 13.9. The van der Waals surface area contributed by atoms with Crippen LogP contribution in [0.3, 0.4) is 0 Å². The van der Waals surface area contributed by atoms with E-state index < -0.39 is 0 Å². The van der Waals surface area contributed by atoms with Gasteiger partial charge in [-0.3, -0.25) is 5.10 Å². The number of anilines is 2. The van der Waals surface area contributed by atoms with Crippen molar-refractivity contribution in [1.82, 2.24) is 20.2 Å². The van der Waals surface area contributed by atoms with Crippen LogP contribution in [0.15, 0.2) is 42.5 Å². The van der Waals surface area contributed by atoms with Crippen molar-refractivity contribution in [3.8, 4) is 11.4 Å². The van der Waals surface area contributed by atoms with E-state index in [9.17, 15) is 4.39 Å². The lowest BCUT2D eigenvalue weighted by Gasteiger charge is -2.12. The number of fused-ring (bicyclic) bond motifs is 2. The second-order valence-electron chi connectivity index (χ2n) is 6.51. The van der Waals surface area contributed by atoms with E-state index in [0.717, 1.165) is 36.1 Å². The molecule has 2 aromatic carbocycles. The predicted molar refractivity (Wildman–Crippen MR) is 104 cm³/mol. The van der Waals surface area contributed by atoms with E-state index in [1.165, 1.54) is 6.07 Å². The standard InChI is InChI=1S/C20H15ClFN5/c21-14-8-2-1-5-11(14)18-23-16-10-4-6-12(16)19(24-18)25-20-13-7-3-9-15(22)17(13)26-27-20/h1-3,5,7-9H,4,6,10H2,(H2,23,24,25,26,27). The van der Waals surface area contributed by atoms with Gasteiger partial charge in [0.15, 0.2) is 11.6 Å². The van der Waals surface area contributed by atoms with Gasteiger partial charge in [0.1, 0.15) is 17.2 Å². The Balaban J connectivity index is 1.63. The second-order valence-corrected chi connectivity index (χ2v) is 6.92. The molecule has 0 bridgehead atoms. The lowest BCUT2D eigenvalue weighted by atomic mass is 10.1. The van der Waals surface area contributed by atoms with Crippen LogP contribution in [-0.4, -0.2) is 20.2 Å². The van der Waals surface area contributed by atoms with E-state index in [0.29, 0.717) is 33.4 Å². The number of H-pyrrole nitrogens is 1. The topological polar surface area (TPSA) is 66.5 Å². The molecule has 0 radical (unpaired) electrons. The molecule has 0 saturated heterocycles. The number of aromatic nitrogens is 4. The first kappa shape index (κ1) is 16.2. The van der Waals surface area contributed by atoms with Crippen molar-refractivity contribution in [2.75, 3.05) is 5.32 Å². The van der Waals surface area contributed by atoms with Crippen LogP contribution >= 0.6 is 11.6 Å². The van der Waals surface area contributed by atoms with Crippen molar-refractivity contribution in [2.45, 2.75) is 19.3 Å². The van der Waals surface area contributed by atoms with Crippen molar-refractivity contribution in [3.63, 3.8) is 0 Å². The Kier molecular flexibility index (Phi) is 3.79. The van der Waals surface area contributed by atoms with Gasteiger partial charge in [-0.2, -0.15) is 5.10 Å². The fourth-order valence-electron chi connectivity index (χ4n) is 3.51. The lowest BCUT2D eigenvalue weighted by molar-refractivity contribution is 0.636. The monoisotopic (exact) mass is 379 g/mol. The molecule has 2 N–H and O–H groups in total. The number of halogens is 2. The molecule has 2 aromatic heterocycles. The third-order valence-electron chi connectivity index (χ3n) is 4.83. The Morgan fingerprint density at radius 2 is 1.89 bits per heavy atom. The molecule has 1 aliphatic carbocycles. The summed E-state index contributed by atoms with van der Waals surface area (Å²) in [5.74, 6) is 1.49. The van der Waals surface area contributed by atoms with Crippen LogP contribution in [-0.2, 0) is 12.8 Å². The molecule has 2 heterocycles. The van der Waals surface area contributed by atoms with Crippen molar-refractivity contribution in [3.05, 3.63) is 64.6 Å². The van der Waals surface area contributed by atoms with Gasteiger partial charge in [-0.1, -0.05) is 29.8 Å². The average Bonchev–Trinajstić information content (AvgIpc) is 3.30. The van der Waals surface area contributed by atoms with Crippen molar-refractivity contribution in [2.24, 2.45) is 0 Å². The van der Waals surface area contributed by atoms with Crippen molar-refractivity contribution >= 4 is 34.1 Å². The fourth-order valence-corrected chi connectivity index (χ4v) is 3.73. The number of aromatic amines is 1. The van der Waals surface area contributed by atoms with Crippen LogP contribution in [0.2, 0.25) is 5.02 Å². The van der Waals surface area contributed by atoms with E-state index in [-0.39, 0.29) is 5.82 Å². The van der Waals surface area contributed by atoms with Gasteiger partial charge in [0.05, 0.1) is 5.02 Å². The molecule has 5 nitrogen and oxygen atoms in total. The Morgan fingerprint density at radius 1 is 1.00 bits per heavy atom. The van der Waals surface area contributed by atoms with Crippen LogP contribution in [0.1, 0.15) is 17.7 Å². The molecular weight excluding hydrogens is 365 g/mol. The highest BCUT2D eigenvalue weighted by Gasteiger charge is 2.22. The van der Waals surface area contributed by atoms with Crippen LogP contribution in [0.4, 0.5) is 16.0 Å². The number of nitrogens with one attached hydrogen (secondary N) is 2. The minimum absolute atomic E-state index is 0.335. The quantitative estimate of drug-likeness (QED) is 0.523. The largest absolute Gasteiger partial charge is 0.323 e. The summed E-state index contributed by atoms with van der Waals surface area (Å²) in [5, 5.41) is 11.5. The minimum Gasteiger partial charge on any atom is -0.323 e. The molecule has 4 aromatic rings. The highest BCUT2D eigenvalue weighted by atomic mass is 35.5. The second kappa shape index (κ2) is 6.32. The summed E-state index contributed by atoms with van der Waals surface area (Å²) in [7, 11) is 0. The zero-order valence-corrected chi connectivity index (χ0v) is 15.0. The molecule has 27 heavy (non-hydrogen) atoms. The summed E-state index contributed by atoms with van der Waals surface area (Å²) in [4.78, 5) is 9.45. The molecule has 0 amide bonds. The fraction of sp³-hybridized carbons (Fsp3) is 0.150. The van der Waals surface area contributed by atoms with Gasteiger partial charge >= 0.3 is 0 Å². The normalized spacial score (nSPS) is 13.1. The first-order valence-electron chi connectivity index (χ1n) is 8.75. The molecule has 0 aliphatic heterocycles. The summed E-state index contributed by atoms with van der Waals surface area (Å²) >= 11 is 6.34. The third-order valence-corrected chi connectivity index (χ3v) is 5.16. The number of rotatable bonds is 3. The van der Waals surface area contributed by atoms with E-state index in [2.05, 4.69) is 15.5 Å². The zero-order valence-electron chi connectivity index (χ0n) is 14.3.